The topological polar surface area (TPSA) is 38.8 Å². The van der Waals surface area contributed by atoms with Crippen molar-refractivity contribution in [3.8, 4) is 0 Å². The molecule has 0 radical (unpaired) electrons. The summed E-state index contributed by atoms with van der Waals surface area (Å²) in [6.45, 7) is 3.57. The normalized spacial score (nSPS) is 18.0. The van der Waals surface area contributed by atoms with Crippen molar-refractivity contribution < 1.29 is 14.1 Å². The Morgan fingerprint density at radius 3 is 2.31 bits per heavy atom. The predicted molar refractivity (Wildman–Crippen MR) is 56.5 cm³/mol. The lowest BCUT2D eigenvalue weighted by Crippen LogP contribution is -2.34. The van der Waals surface area contributed by atoms with Gasteiger partial charge in [-0.3, -0.25) is 4.79 Å². The average molecular weight is 225 g/mol. The molecule has 0 heterocycles. The van der Waals surface area contributed by atoms with E-state index in [0.29, 0.717) is 0 Å². The van der Waals surface area contributed by atoms with Crippen molar-refractivity contribution in [2.45, 2.75) is 13.0 Å². The summed E-state index contributed by atoms with van der Waals surface area (Å²) >= 11 is 5.22. The minimum atomic E-state index is -2.02. The van der Waals surface area contributed by atoms with E-state index in [2.05, 4.69) is 4.74 Å². The van der Waals surface area contributed by atoms with Gasteiger partial charge in [0.05, 0.1) is 7.11 Å². The third-order valence-corrected chi connectivity index (χ3v) is 5.40. The molecule has 0 bridgehead atoms. The Balaban J connectivity index is 4.51. The van der Waals surface area contributed by atoms with Crippen LogP contribution in [0, 0.1) is 0 Å². The Bertz CT molecular complexity index is 234. The van der Waals surface area contributed by atoms with E-state index in [-0.39, 0.29) is 12.0 Å². The minimum absolute atomic E-state index is 0.296. The molecule has 13 heavy (non-hydrogen) atoms. The minimum Gasteiger partial charge on any atom is -0.468 e. The molecule has 0 aromatic heterocycles. The van der Waals surface area contributed by atoms with E-state index in [1.54, 1.807) is 25.8 Å². The van der Waals surface area contributed by atoms with Crippen LogP contribution in [0.15, 0.2) is 0 Å². The smallest absolute Gasteiger partial charge is 0.323 e. The lowest BCUT2D eigenvalue weighted by Gasteiger charge is -2.30. The molecular weight excluding hydrogens is 209 g/mol. The maximum atomic E-state index is 11.2. The van der Waals surface area contributed by atoms with Gasteiger partial charge in [0.15, 0.2) is 0 Å². The number of nitrogens with zero attached hydrogens (tertiary/aromatic N) is 1. The number of likely N-dealkylation sites (N-methyl/N-ethyl adjacent to an activating group) is 1. The van der Waals surface area contributed by atoms with Crippen molar-refractivity contribution in [2.24, 2.45) is 0 Å². The summed E-state index contributed by atoms with van der Waals surface area (Å²) < 4.78 is 11.5. The van der Waals surface area contributed by atoms with Crippen LogP contribution < -0.4 is 0 Å². The zero-order valence-corrected chi connectivity index (χ0v) is 10.3. The van der Waals surface area contributed by atoms with E-state index < -0.39 is 6.42 Å². The summed E-state index contributed by atoms with van der Waals surface area (Å²) in [5.74, 6) is -0.296. The number of carbonyl (C=O) groups is 1. The molecule has 0 aliphatic heterocycles. The second-order valence-electron chi connectivity index (χ2n) is 2.76. The Labute approximate surface area is 84.3 Å². The second-order valence-corrected chi connectivity index (χ2v) is 7.39. The van der Waals surface area contributed by atoms with Crippen molar-refractivity contribution >= 4 is 24.2 Å². The molecule has 0 aliphatic carbocycles. The van der Waals surface area contributed by atoms with Crippen LogP contribution in [-0.4, -0.2) is 44.6 Å². The van der Waals surface area contributed by atoms with Crippen LogP contribution in [0.2, 0.25) is 0 Å². The maximum absolute atomic E-state index is 11.2. The van der Waals surface area contributed by atoms with E-state index >= 15 is 0 Å². The number of hydrogen-bond acceptors (Lipinski definition) is 4. The first-order chi connectivity index (χ1) is 5.86. The summed E-state index contributed by atoms with van der Waals surface area (Å²) in [5, 5.41) is 0. The third kappa shape index (κ3) is 3.35. The zero-order valence-electron chi connectivity index (χ0n) is 8.60. The fraction of sp³-hybridized carbons (Fsp3) is 0.857. The van der Waals surface area contributed by atoms with E-state index in [1.165, 1.54) is 7.11 Å². The molecule has 4 nitrogen and oxygen atoms in total. The van der Waals surface area contributed by atoms with Crippen LogP contribution in [-0.2, 0) is 25.9 Å². The fourth-order valence-electron chi connectivity index (χ4n) is 0.767. The molecule has 0 aliphatic rings. The summed E-state index contributed by atoms with van der Waals surface area (Å²) in [6.07, 6.45) is -2.02. The SMILES string of the molecule is COC(=O)[C@H](C)N(C)P(C)(=S)OC. The van der Waals surface area contributed by atoms with Gasteiger partial charge >= 0.3 is 5.97 Å². The molecule has 1 unspecified atom stereocenters. The second kappa shape index (κ2) is 5.05. The molecule has 0 saturated heterocycles. The van der Waals surface area contributed by atoms with Crippen LogP contribution in [0.25, 0.3) is 0 Å². The first-order valence-electron chi connectivity index (χ1n) is 3.81. The lowest BCUT2D eigenvalue weighted by molar-refractivity contribution is -0.144. The summed E-state index contributed by atoms with van der Waals surface area (Å²) in [7, 11) is 4.69. The van der Waals surface area contributed by atoms with Gasteiger partial charge in [-0.2, -0.15) is 0 Å². The first-order valence-corrected chi connectivity index (χ1v) is 6.93. The summed E-state index contributed by atoms with van der Waals surface area (Å²) in [5.41, 5.74) is 0. The molecule has 0 spiro atoms. The van der Waals surface area contributed by atoms with Gasteiger partial charge in [-0.1, -0.05) is 11.8 Å². The van der Waals surface area contributed by atoms with Gasteiger partial charge in [-0.25, -0.2) is 4.67 Å². The van der Waals surface area contributed by atoms with Gasteiger partial charge in [0.1, 0.15) is 12.5 Å². The predicted octanol–water partition coefficient (Wildman–Crippen LogP) is 1.07. The van der Waals surface area contributed by atoms with Gasteiger partial charge in [0.25, 0.3) is 0 Å². The molecule has 2 atom stereocenters. The van der Waals surface area contributed by atoms with Crippen LogP contribution in [0.1, 0.15) is 6.92 Å². The summed E-state index contributed by atoms with van der Waals surface area (Å²) in [6, 6.07) is -0.360. The molecular formula is C7H16NO3PS. The van der Waals surface area contributed by atoms with E-state index in [4.69, 9.17) is 16.3 Å². The first kappa shape index (κ1) is 13.0. The Hall–Kier alpha value is 0.0400. The average Bonchev–Trinajstić information content (AvgIpc) is 2.14. The van der Waals surface area contributed by atoms with Crippen LogP contribution >= 0.6 is 6.42 Å². The lowest BCUT2D eigenvalue weighted by atomic mass is 10.4. The number of esters is 1. The Morgan fingerprint density at radius 1 is 1.54 bits per heavy atom. The van der Waals surface area contributed by atoms with Crippen molar-refractivity contribution in [1.29, 1.82) is 0 Å². The zero-order chi connectivity index (χ0) is 10.6. The largest absolute Gasteiger partial charge is 0.468 e. The van der Waals surface area contributed by atoms with Gasteiger partial charge < -0.3 is 9.26 Å². The van der Waals surface area contributed by atoms with Crippen molar-refractivity contribution in [2.75, 3.05) is 27.9 Å². The van der Waals surface area contributed by atoms with Crippen molar-refractivity contribution in [3.63, 3.8) is 0 Å². The van der Waals surface area contributed by atoms with E-state index in [9.17, 15) is 4.79 Å². The number of ether oxygens (including phenoxy) is 1. The van der Waals surface area contributed by atoms with Gasteiger partial charge in [-0.15, -0.1) is 0 Å². The van der Waals surface area contributed by atoms with Gasteiger partial charge in [0, 0.05) is 13.8 Å². The monoisotopic (exact) mass is 225 g/mol. The third-order valence-electron chi connectivity index (χ3n) is 2.01. The van der Waals surface area contributed by atoms with E-state index in [0.717, 1.165) is 0 Å². The molecule has 78 valence electrons. The van der Waals surface area contributed by atoms with Crippen molar-refractivity contribution in [1.82, 2.24) is 4.67 Å². The Morgan fingerprint density at radius 2 is 2.00 bits per heavy atom. The number of rotatable bonds is 4. The van der Waals surface area contributed by atoms with E-state index in [1.807, 2.05) is 6.66 Å². The summed E-state index contributed by atoms with van der Waals surface area (Å²) in [4.78, 5) is 11.2. The van der Waals surface area contributed by atoms with Gasteiger partial charge in [-0.05, 0) is 14.0 Å². The standard InChI is InChI=1S/C7H16NO3PS/c1-6(7(9)10-3)8(2)12(5,13)11-4/h6H,1-5H3/t6-,12?/m0/s1. The molecule has 0 rings (SSSR count). The molecule has 0 saturated carbocycles. The van der Waals surface area contributed by atoms with Crippen LogP contribution in [0.3, 0.4) is 0 Å². The number of methoxy groups -OCH3 is 1. The maximum Gasteiger partial charge on any atom is 0.323 e. The molecule has 6 heteroatoms. The van der Waals surface area contributed by atoms with Crippen molar-refractivity contribution in [3.05, 3.63) is 0 Å². The fourth-order valence-corrected chi connectivity index (χ4v) is 2.17. The molecule has 0 aromatic carbocycles. The highest BCUT2D eigenvalue weighted by atomic mass is 32.4. The molecule has 0 fully saturated rings. The van der Waals surface area contributed by atoms with Crippen LogP contribution in [0.4, 0.5) is 0 Å². The highest BCUT2D eigenvalue weighted by molar-refractivity contribution is 8.10. The number of hydrogen-bond donors (Lipinski definition) is 0. The molecule has 0 N–H and O–H groups in total. The van der Waals surface area contributed by atoms with Gasteiger partial charge in [0.2, 0.25) is 0 Å². The quantitative estimate of drug-likeness (QED) is 0.528. The molecule has 0 aromatic rings. The molecule has 0 amide bonds. The number of carbonyl (C=O) groups excluding carboxylic acids is 1. The van der Waals surface area contributed by atoms with Crippen LogP contribution in [0.5, 0.6) is 0 Å². The highest BCUT2D eigenvalue weighted by Crippen LogP contribution is 2.46. The Kier molecular flexibility index (Phi) is 5.07. The highest BCUT2D eigenvalue weighted by Gasteiger charge is 2.26.